The molecule has 0 aromatic heterocycles. The molecule has 1 amide bonds. The molecule has 0 unspecified atom stereocenters. The molecule has 0 spiro atoms. The number of hydrogen-bond acceptors (Lipinski definition) is 3. The van der Waals surface area contributed by atoms with Gasteiger partial charge in [0.2, 0.25) is 5.91 Å². The molecule has 4 nitrogen and oxygen atoms in total. The first-order valence-corrected chi connectivity index (χ1v) is 5.68. The van der Waals surface area contributed by atoms with Gasteiger partial charge in [-0.3, -0.25) is 4.79 Å². The lowest BCUT2D eigenvalue weighted by Gasteiger charge is -2.54. The summed E-state index contributed by atoms with van der Waals surface area (Å²) in [7, 11) is 0. The van der Waals surface area contributed by atoms with Crippen LogP contribution in [0, 0.1) is 11.3 Å². The number of rotatable bonds is 3. The molecule has 1 saturated heterocycles. The minimum atomic E-state index is 0.0703. The molecule has 0 radical (unpaired) electrons. The molecule has 2 aliphatic rings. The normalized spacial score (nSPS) is 36.9. The highest BCUT2D eigenvalue weighted by Gasteiger charge is 2.59. The second-order valence-electron chi connectivity index (χ2n) is 5.15. The summed E-state index contributed by atoms with van der Waals surface area (Å²) in [5, 5.41) is 3.08. The zero-order chi connectivity index (χ0) is 11.1. The van der Waals surface area contributed by atoms with E-state index in [2.05, 4.69) is 19.2 Å². The Morgan fingerprint density at radius 3 is 3.00 bits per heavy atom. The quantitative estimate of drug-likeness (QED) is 0.705. The van der Waals surface area contributed by atoms with Crippen LogP contribution >= 0.6 is 0 Å². The molecule has 1 aliphatic carbocycles. The predicted octanol–water partition coefficient (Wildman–Crippen LogP) is 0.265. The fourth-order valence-corrected chi connectivity index (χ4v) is 2.99. The number of fused-ring (bicyclic) bond motifs is 1. The molecule has 15 heavy (non-hydrogen) atoms. The second kappa shape index (κ2) is 3.76. The molecule has 1 aliphatic heterocycles. The Kier molecular flexibility index (Phi) is 2.73. The van der Waals surface area contributed by atoms with Crippen LogP contribution in [0.25, 0.3) is 0 Å². The average molecular weight is 212 g/mol. The Labute approximate surface area is 90.5 Å². The number of hydrogen-bond donors (Lipinski definition) is 2. The van der Waals surface area contributed by atoms with Gasteiger partial charge in [0, 0.05) is 36.9 Å². The van der Waals surface area contributed by atoms with Crippen molar-refractivity contribution in [2.75, 3.05) is 13.2 Å². The summed E-state index contributed by atoms with van der Waals surface area (Å²) in [5.41, 5.74) is 5.43. The molecule has 3 atom stereocenters. The van der Waals surface area contributed by atoms with Gasteiger partial charge in [0.05, 0.1) is 6.10 Å². The highest BCUT2D eigenvalue weighted by molar-refractivity contribution is 5.76. The molecule has 0 bridgehead atoms. The molecule has 86 valence electrons. The van der Waals surface area contributed by atoms with Crippen LogP contribution in [0.2, 0.25) is 0 Å². The molecular weight excluding hydrogens is 192 g/mol. The summed E-state index contributed by atoms with van der Waals surface area (Å²) in [4.78, 5) is 11.5. The Morgan fingerprint density at radius 1 is 1.60 bits per heavy atom. The van der Waals surface area contributed by atoms with Crippen molar-refractivity contribution in [3.8, 4) is 0 Å². The fourth-order valence-electron chi connectivity index (χ4n) is 2.99. The van der Waals surface area contributed by atoms with Gasteiger partial charge in [-0.25, -0.2) is 0 Å². The standard InChI is InChI=1S/C11H20N2O2/c1-11(2)9(13-8(14)3-5-12)7-4-6-15-10(7)11/h7,9-10H,3-6,12H2,1-2H3,(H,13,14)/t7-,9+,10-/m0/s1. The Bertz CT molecular complexity index is 265. The average Bonchev–Trinajstić information content (AvgIpc) is 2.61. The summed E-state index contributed by atoms with van der Waals surface area (Å²) in [5.74, 6) is 0.586. The van der Waals surface area contributed by atoms with E-state index in [0.717, 1.165) is 13.0 Å². The number of ether oxygens (including phenoxy) is 1. The van der Waals surface area contributed by atoms with E-state index in [1.807, 2.05) is 0 Å². The predicted molar refractivity (Wildman–Crippen MR) is 57.2 cm³/mol. The van der Waals surface area contributed by atoms with E-state index < -0.39 is 0 Å². The largest absolute Gasteiger partial charge is 0.377 e. The monoisotopic (exact) mass is 212 g/mol. The number of nitrogens with two attached hydrogens (primary N) is 1. The molecule has 0 aromatic carbocycles. The van der Waals surface area contributed by atoms with E-state index in [-0.39, 0.29) is 17.4 Å². The van der Waals surface area contributed by atoms with Crippen molar-refractivity contribution in [1.29, 1.82) is 0 Å². The van der Waals surface area contributed by atoms with Gasteiger partial charge in [0.25, 0.3) is 0 Å². The van der Waals surface area contributed by atoms with Gasteiger partial charge in [-0.05, 0) is 6.42 Å². The highest BCUT2D eigenvalue weighted by atomic mass is 16.5. The molecule has 1 saturated carbocycles. The van der Waals surface area contributed by atoms with Crippen molar-refractivity contribution in [1.82, 2.24) is 5.32 Å². The van der Waals surface area contributed by atoms with Gasteiger partial charge in [0.15, 0.2) is 0 Å². The lowest BCUT2D eigenvalue weighted by molar-refractivity contribution is -0.137. The van der Waals surface area contributed by atoms with Crippen LogP contribution < -0.4 is 11.1 Å². The minimum Gasteiger partial charge on any atom is -0.377 e. The SMILES string of the molecule is CC1(C)[C@H](NC(=O)CCN)[C@@H]2CCO[C@@H]21. The zero-order valence-electron chi connectivity index (χ0n) is 9.45. The lowest BCUT2D eigenvalue weighted by atomic mass is 9.57. The maximum atomic E-state index is 11.5. The van der Waals surface area contributed by atoms with E-state index in [9.17, 15) is 4.79 Å². The van der Waals surface area contributed by atoms with Gasteiger partial charge in [-0.2, -0.15) is 0 Å². The highest BCUT2D eigenvalue weighted by Crippen LogP contribution is 2.52. The van der Waals surface area contributed by atoms with Gasteiger partial charge in [0.1, 0.15) is 0 Å². The summed E-state index contributed by atoms with van der Waals surface area (Å²) < 4.78 is 5.66. The molecule has 3 N–H and O–H groups in total. The van der Waals surface area contributed by atoms with Crippen molar-refractivity contribution < 1.29 is 9.53 Å². The van der Waals surface area contributed by atoms with Crippen LogP contribution in [0.1, 0.15) is 26.7 Å². The summed E-state index contributed by atoms with van der Waals surface area (Å²) in [6, 6.07) is 0.268. The van der Waals surface area contributed by atoms with E-state index in [0.29, 0.717) is 25.0 Å². The third-order valence-corrected chi connectivity index (χ3v) is 3.79. The first-order chi connectivity index (χ1) is 7.07. The van der Waals surface area contributed by atoms with Crippen molar-refractivity contribution in [2.45, 2.75) is 38.8 Å². The van der Waals surface area contributed by atoms with Crippen LogP contribution in [0.5, 0.6) is 0 Å². The maximum absolute atomic E-state index is 11.5. The van der Waals surface area contributed by atoms with Crippen LogP contribution in [0.3, 0.4) is 0 Å². The van der Waals surface area contributed by atoms with E-state index in [1.165, 1.54) is 0 Å². The molecule has 0 aromatic rings. The molecule has 2 rings (SSSR count). The number of amides is 1. The first-order valence-electron chi connectivity index (χ1n) is 5.68. The van der Waals surface area contributed by atoms with E-state index in [1.54, 1.807) is 0 Å². The Balaban J connectivity index is 1.95. The molecular formula is C11H20N2O2. The summed E-state index contributed by atoms with van der Waals surface area (Å²) in [6.45, 7) is 5.57. The number of nitrogens with one attached hydrogen (secondary N) is 1. The zero-order valence-corrected chi connectivity index (χ0v) is 9.45. The van der Waals surface area contributed by atoms with Crippen molar-refractivity contribution in [2.24, 2.45) is 17.1 Å². The van der Waals surface area contributed by atoms with Crippen LogP contribution in [0.15, 0.2) is 0 Å². The van der Waals surface area contributed by atoms with Gasteiger partial charge < -0.3 is 15.8 Å². The third-order valence-electron chi connectivity index (χ3n) is 3.79. The van der Waals surface area contributed by atoms with Crippen LogP contribution in [-0.4, -0.2) is 31.2 Å². The smallest absolute Gasteiger partial charge is 0.221 e. The second-order valence-corrected chi connectivity index (χ2v) is 5.15. The van der Waals surface area contributed by atoms with Gasteiger partial charge in [-0.15, -0.1) is 0 Å². The molecule has 1 heterocycles. The van der Waals surface area contributed by atoms with Crippen molar-refractivity contribution >= 4 is 5.91 Å². The van der Waals surface area contributed by atoms with E-state index in [4.69, 9.17) is 10.5 Å². The van der Waals surface area contributed by atoms with Crippen molar-refractivity contribution in [3.63, 3.8) is 0 Å². The maximum Gasteiger partial charge on any atom is 0.221 e. The Morgan fingerprint density at radius 2 is 2.33 bits per heavy atom. The minimum absolute atomic E-state index is 0.0703. The Hall–Kier alpha value is -0.610. The van der Waals surface area contributed by atoms with Crippen LogP contribution in [0.4, 0.5) is 0 Å². The van der Waals surface area contributed by atoms with Crippen molar-refractivity contribution in [3.05, 3.63) is 0 Å². The first kappa shape index (κ1) is 10.9. The third kappa shape index (κ3) is 1.66. The van der Waals surface area contributed by atoms with E-state index >= 15 is 0 Å². The summed E-state index contributed by atoms with van der Waals surface area (Å²) >= 11 is 0. The summed E-state index contributed by atoms with van der Waals surface area (Å²) in [6.07, 6.45) is 1.83. The lowest BCUT2D eigenvalue weighted by Crippen LogP contribution is -2.66. The fraction of sp³-hybridized carbons (Fsp3) is 0.909. The number of carbonyl (C=O) groups excluding carboxylic acids is 1. The molecule has 2 fully saturated rings. The van der Waals surface area contributed by atoms with Gasteiger partial charge >= 0.3 is 0 Å². The molecule has 4 heteroatoms. The van der Waals surface area contributed by atoms with Gasteiger partial charge in [-0.1, -0.05) is 13.8 Å². The number of carbonyl (C=O) groups is 1. The van der Waals surface area contributed by atoms with Crippen LogP contribution in [-0.2, 0) is 9.53 Å². The topological polar surface area (TPSA) is 64.4 Å².